The Kier molecular flexibility index (Phi) is 5.24. The lowest BCUT2D eigenvalue weighted by Crippen LogP contribution is -2.34. The van der Waals surface area contributed by atoms with Crippen LogP contribution in [0, 0.1) is 5.82 Å². The van der Waals surface area contributed by atoms with Gasteiger partial charge in [-0.15, -0.1) is 0 Å². The number of carboxylic acids is 1. The number of nitrogens with one attached hydrogen (secondary N) is 2. The normalized spacial score (nSPS) is 15.7. The molecule has 1 heterocycles. The van der Waals surface area contributed by atoms with Crippen LogP contribution >= 0.6 is 0 Å². The van der Waals surface area contributed by atoms with E-state index >= 15 is 0 Å². The molecule has 0 aromatic heterocycles. The molecule has 3 N–H and O–H groups in total. The lowest BCUT2D eigenvalue weighted by molar-refractivity contribution is -0.123. The molecule has 1 aromatic carbocycles. The molecule has 1 amide bonds. The maximum absolute atomic E-state index is 13.2. The lowest BCUT2D eigenvalue weighted by atomic mass is 10.1. The maximum atomic E-state index is 13.2. The van der Waals surface area contributed by atoms with Crippen LogP contribution in [0.2, 0.25) is 0 Å². The fourth-order valence-corrected chi connectivity index (χ4v) is 2.12. The zero-order valence-electron chi connectivity index (χ0n) is 11.4. The van der Waals surface area contributed by atoms with E-state index in [0.29, 0.717) is 0 Å². The highest BCUT2D eigenvalue weighted by molar-refractivity contribution is 5.94. The van der Waals surface area contributed by atoms with E-state index in [0.717, 1.165) is 38.1 Å². The fourth-order valence-electron chi connectivity index (χ4n) is 2.12. The van der Waals surface area contributed by atoms with Gasteiger partial charge in [-0.25, -0.2) is 9.18 Å². The van der Waals surface area contributed by atoms with Gasteiger partial charge in [-0.2, -0.15) is 0 Å². The summed E-state index contributed by atoms with van der Waals surface area (Å²) in [7, 11) is 0. The molecule has 0 bridgehead atoms. The molecule has 0 saturated carbocycles. The number of aromatic carboxylic acids is 1. The fraction of sp³-hybridized carbons (Fsp3) is 0.429. The van der Waals surface area contributed by atoms with Crippen molar-refractivity contribution in [1.82, 2.24) is 5.32 Å². The van der Waals surface area contributed by atoms with Gasteiger partial charge in [0.1, 0.15) is 12.4 Å². The van der Waals surface area contributed by atoms with E-state index < -0.39 is 23.3 Å². The third-order valence-electron chi connectivity index (χ3n) is 3.22. The minimum Gasteiger partial charge on any atom is -0.478 e. The third-order valence-corrected chi connectivity index (χ3v) is 3.22. The van der Waals surface area contributed by atoms with Gasteiger partial charge >= 0.3 is 5.97 Å². The van der Waals surface area contributed by atoms with Gasteiger partial charge in [0, 0.05) is 5.69 Å². The minimum absolute atomic E-state index is 0.0554. The Morgan fingerprint density at radius 3 is 2.76 bits per heavy atom. The number of hydrogen-bond acceptors (Lipinski definition) is 4. The third kappa shape index (κ3) is 4.51. The van der Waals surface area contributed by atoms with E-state index in [1.54, 1.807) is 0 Å². The molecule has 0 aliphatic carbocycles. The molecule has 0 atom stereocenters. The number of amides is 1. The first-order valence-electron chi connectivity index (χ1n) is 6.71. The topological polar surface area (TPSA) is 87.7 Å². The molecule has 1 fully saturated rings. The SMILES string of the molecule is O=C(COC1CCNCC1)Nc1ccc(F)c(C(=O)O)c1. The number of carbonyl (C=O) groups excluding carboxylic acids is 1. The highest BCUT2D eigenvalue weighted by Gasteiger charge is 2.16. The molecule has 1 aliphatic heterocycles. The van der Waals surface area contributed by atoms with Crippen LogP contribution in [0.4, 0.5) is 10.1 Å². The summed E-state index contributed by atoms with van der Waals surface area (Å²) in [4.78, 5) is 22.5. The van der Waals surface area contributed by atoms with Gasteiger partial charge in [0.15, 0.2) is 0 Å². The molecule has 1 aromatic rings. The number of benzene rings is 1. The lowest BCUT2D eigenvalue weighted by Gasteiger charge is -2.22. The molecule has 0 radical (unpaired) electrons. The van der Waals surface area contributed by atoms with Gasteiger partial charge in [0.2, 0.25) is 5.91 Å². The van der Waals surface area contributed by atoms with Crippen molar-refractivity contribution in [2.75, 3.05) is 25.0 Å². The van der Waals surface area contributed by atoms with Crippen LogP contribution in [-0.4, -0.2) is 42.8 Å². The molecular formula is C14H17FN2O4. The number of carboxylic acid groups (broad SMARTS) is 1. The Labute approximate surface area is 121 Å². The quantitative estimate of drug-likeness (QED) is 0.760. The Hall–Kier alpha value is -1.99. The number of anilines is 1. The minimum atomic E-state index is -1.38. The molecule has 2 rings (SSSR count). The van der Waals surface area contributed by atoms with Crippen molar-refractivity contribution in [1.29, 1.82) is 0 Å². The molecule has 1 saturated heterocycles. The molecule has 6 nitrogen and oxygen atoms in total. The van der Waals surface area contributed by atoms with E-state index in [-0.39, 0.29) is 18.4 Å². The van der Waals surface area contributed by atoms with E-state index in [9.17, 15) is 14.0 Å². The van der Waals surface area contributed by atoms with Crippen LogP contribution in [-0.2, 0) is 9.53 Å². The van der Waals surface area contributed by atoms with Crippen molar-refractivity contribution < 1.29 is 23.8 Å². The molecular weight excluding hydrogens is 279 g/mol. The number of hydrogen-bond donors (Lipinski definition) is 3. The predicted octanol–water partition coefficient (Wildman–Crippen LogP) is 1.23. The Morgan fingerprint density at radius 1 is 1.38 bits per heavy atom. The number of ether oxygens (including phenoxy) is 1. The van der Waals surface area contributed by atoms with Crippen LogP contribution < -0.4 is 10.6 Å². The van der Waals surface area contributed by atoms with Gasteiger partial charge < -0.3 is 20.5 Å². The molecule has 114 valence electrons. The number of piperidine rings is 1. The predicted molar refractivity (Wildman–Crippen MR) is 73.8 cm³/mol. The smallest absolute Gasteiger partial charge is 0.338 e. The second kappa shape index (κ2) is 7.14. The van der Waals surface area contributed by atoms with Gasteiger partial charge in [0.25, 0.3) is 0 Å². The average molecular weight is 296 g/mol. The van der Waals surface area contributed by atoms with E-state index in [1.807, 2.05) is 0 Å². The molecule has 0 unspecified atom stereocenters. The zero-order valence-corrected chi connectivity index (χ0v) is 11.4. The maximum Gasteiger partial charge on any atom is 0.338 e. The zero-order chi connectivity index (χ0) is 15.2. The van der Waals surface area contributed by atoms with Gasteiger partial charge in [-0.3, -0.25) is 4.79 Å². The number of rotatable bonds is 5. The largest absolute Gasteiger partial charge is 0.478 e. The van der Waals surface area contributed by atoms with Crippen molar-refractivity contribution in [3.05, 3.63) is 29.6 Å². The first kappa shape index (κ1) is 15.4. The summed E-state index contributed by atoms with van der Waals surface area (Å²) in [5.74, 6) is -2.61. The van der Waals surface area contributed by atoms with Crippen molar-refractivity contribution in [2.45, 2.75) is 18.9 Å². The Balaban J connectivity index is 1.87. The summed E-state index contributed by atoms with van der Waals surface area (Å²) in [6.45, 7) is 1.63. The van der Waals surface area contributed by atoms with E-state index in [1.165, 1.54) is 6.07 Å². The molecule has 7 heteroatoms. The molecule has 0 spiro atoms. The van der Waals surface area contributed by atoms with Crippen molar-refractivity contribution in [3.8, 4) is 0 Å². The summed E-state index contributed by atoms with van der Waals surface area (Å²) >= 11 is 0. The highest BCUT2D eigenvalue weighted by atomic mass is 19.1. The first-order chi connectivity index (χ1) is 10.1. The summed E-state index contributed by atoms with van der Waals surface area (Å²) in [5.41, 5.74) is -0.250. The Morgan fingerprint density at radius 2 is 2.10 bits per heavy atom. The number of halogens is 1. The average Bonchev–Trinajstić information content (AvgIpc) is 2.48. The van der Waals surface area contributed by atoms with Crippen molar-refractivity contribution in [2.24, 2.45) is 0 Å². The van der Waals surface area contributed by atoms with E-state index in [2.05, 4.69) is 10.6 Å². The molecule has 1 aliphatic rings. The number of carbonyl (C=O) groups is 2. The second-order valence-corrected chi connectivity index (χ2v) is 4.81. The van der Waals surface area contributed by atoms with Gasteiger partial charge in [-0.05, 0) is 44.1 Å². The van der Waals surface area contributed by atoms with Crippen LogP contribution in [0.1, 0.15) is 23.2 Å². The summed E-state index contributed by atoms with van der Waals surface area (Å²) in [6.07, 6.45) is 1.76. The summed E-state index contributed by atoms with van der Waals surface area (Å²) in [5, 5.41) is 14.5. The second-order valence-electron chi connectivity index (χ2n) is 4.81. The molecule has 21 heavy (non-hydrogen) atoms. The van der Waals surface area contributed by atoms with Gasteiger partial charge in [0.05, 0.1) is 11.7 Å². The van der Waals surface area contributed by atoms with Crippen LogP contribution in [0.5, 0.6) is 0 Å². The monoisotopic (exact) mass is 296 g/mol. The Bertz CT molecular complexity index is 530. The highest BCUT2D eigenvalue weighted by Crippen LogP contribution is 2.15. The summed E-state index contributed by atoms with van der Waals surface area (Å²) in [6, 6.07) is 3.40. The van der Waals surface area contributed by atoms with E-state index in [4.69, 9.17) is 9.84 Å². The van der Waals surface area contributed by atoms with Crippen molar-refractivity contribution >= 4 is 17.6 Å². The summed E-state index contributed by atoms with van der Waals surface area (Å²) < 4.78 is 18.7. The van der Waals surface area contributed by atoms with Crippen LogP contribution in [0.15, 0.2) is 18.2 Å². The van der Waals surface area contributed by atoms with Gasteiger partial charge in [-0.1, -0.05) is 0 Å². The van der Waals surface area contributed by atoms with Crippen LogP contribution in [0.3, 0.4) is 0 Å². The van der Waals surface area contributed by atoms with Crippen molar-refractivity contribution in [3.63, 3.8) is 0 Å². The van der Waals surface area contributed by atoms with Crippen LogP contribution in [0.25, 0.3) is 0 Å². The standard InChI is InChI=1S/C14H17FN2O4/c15-12-2-1-9(7-11(12)14(19)20)17-13(18)8-21-10-3-5-16-6-4-10/h1-2,7,10,16H,3-6,8H2,(H,17,18)(H,19,20). The first-order valence-corrected chi connectivity index (χ1v) is 6.71.